The maximum absolute atomic E-state index is 14.3. The smallest absolute Gasteiger partial charge is 0.410 e. The van der Waals surface area contributed by atoms with Gasteiger partial charge in [-0.1, -0.05) is 35.9 Å². The van der Waals surface area contributed by atoms with Gasteiger partial charge in [0.25, 0.3) is 0 Å². The van der Waals surface area contributed by atoms with E-state index in [9.17, 15) is 9.59 Å². The van der Waals surface area contributed by atoms with Crippen molar-refractivity contribution in [3.63, 3.8) is 0 Å². The third-order valence-electron chi connectivity index (χ3n) is 8.08. The van der Waals surface area contributed by atoms with Gasteiger partial charge in [-0.3, -0.25) is 14.7 Å². The molecule has 1 N–H and O–H groups in total. The molecule has 10 heteroatoms. The molecule has 1 aliphatic carbocycles. The summed E-state index contributed by atoms with van der Waals surface area (Å²) in [6, 6.07) is 16.9. The standard InChI is InChI=1S/C34H37ClN6O3/c1-34(2,3)44-33(43)40-16-17-41(31-28-12-11-26(35)19-25(28)10-9-24-7-5-13-37-30(24)31)29(21-40)32(42)38-27-8-4-6-23(18-27)20-39-15-14-36-22-39/h4-8,11-15,18-19,22,29,31H,9-10,16-17,20-21H2,1-3H3,(H,38,42)/t29-,31+/m1/s1. The molecular formula is C34H37ClN6O3. The first-order valence-electron chi connectivity index (χ1n) is 15.0. The molecule has 0 spiro atoms. The van der Waals surface area contributed by atoms with Crippen LogP contribution < -0.4 is 5.32 Å². The van der Waals surface area contributed by atoms with Crippen LogP contribution in [0.4, 0.5) is 10.5 Å². The van der Waals surface area contributed by atoms with E-state index in [1.165, 1.54) is 0 Å². The van der Waals surface area contributed by atoms with Crippen molar-refractivity contribution < 1.29 is 14.3 Å². The van der Waals surface area contributed by atoms with Crippen LogP contribution >= 0.6 is 11.6 Å². The Morgan fingerprint density at radius 2 is 1.86 bits per heavy atom. The number of carbonyl (C=O) groups is 2. The van der Waals surface area contributed by atoms with Gasteiger partial charge in [0.2, 0.25) is 5.91 Å². The molecule has 2 aromatic heterocycles. The summed E-state index contributed by atoms with van der Waals surface area (Å²) in [5, 5.41) is 3.84. The number of imidazole rings is 1. The number of benzene rings is 2. The molecule has 2 aliphatic rings. The average Bonchev–Trinajstić information content (AvgIpc) is 3.44. The van der Waals surface area contributed by atoms with Crippen LogP contribution in [0.15, 0.2) is 79.5 Å². The molecule has 44 heavy (non-hydrogen) atoms. The summed E-state index contributed by atoms with van der Waals surface area (Å²) in [6.45, 7) is 7.23. The molecule has 9 nitrogen and oxygen atoms in total. The maximum atomic E-state index is 14.3. The van der Waals surface area contributed by atoms with E-state index < -0.39 is 17.7 Å². The largest absolute Gasteiger partial charge is 0.444 e. The van der Waals surface area contributed by atoms with Crippen LogP contribution in [0.25, 0.3) is 0 Å². The predicted molar refractivity (Wildman–Crippen MR) is 170 cm³/mol. The summed E-state index contributed by atoms with van der Waals surface area (Å²) in [5.41, 5.74) is 5.37. The highest BCUT2D eigenvalue weighted by atomic mass is 35.5. The Labute approximate surface area is 262 Å². The van der Waals surface area contributed by atoms with Crippen molar-refractivity contribution in [3.05, 3.63) is 112 Å². The zero-order valence-electron chi connectivity index (χ0n) is 25.2. The quantitative estimate of drug-likeness (QED) is 0.310. The molecule has 6 rings (SSSR count). The zero-order chi connectivity index (χ0) is 30.8. The second kappa shape index (κ2) is 12.4. The Hall–Kier alpha value is -4.21. The van der Waals surface area contributed by atoms with Gasteiger partial charge in [0.1, 0.15) is 11.6 Å². The van der Waals surface area contributed by atoms with E-state index in [4.69, 9.17) is 21.3 Å². The first-order chi connectivity index (χ1) is 21.1. The van der Waals surface area contributed by atoms with Gasteiger partial charge >= 0.3 is 6.09 Å². The van der Waals surface area contributed by atoms with Gasteiger partial charge in [-0.25, -0.2) is 9.78 Å². The number of aryl methyl sites for hydroxylation is 2. The highest BCUT2D eigenvalue weighted by Crippen LogP contribution is 2.39. The van der Waals surface area contributed by atoms with E-state index in [1.54, 1.807) is 17.4 Å². The first kappa shape index (κ1) is 29.8. The lowest BCUT2D eigenvalue weighted by Gasteiger charge is -2.44. The van der Waals surface area contributed by atoms with E-state index in [1.807, 2.05) is 80.2 Å². The number of pyridine rings is 1. The number of carbonyl (C=O) groups excluding carboxylic acids is 2. The van der Waals surface area contributed by atoms with E-state index in [2.05, 4.69) is 27.3 Å². The Balaban J connectivity index is 1.35. The molecule has 1 aliphatic heterocycles. The summed E-state index contributed by atoms with van der Waals surface area (Å²) < 4.78 is 7.69. The van der Waals surface area contributed by atoms with E-state index >= 15 is 0 Å². The number of hydrogen-bond acceptors (Lipinski definition) is 6. The fourth-order valence-electron chi connectivity index (χ4n) is 6.11. The molecule has 4 aromatic rings. The Kier molecular flexibility index (Phi) is 8.42. The number of rotatable bonds is 5. The summed E-state index contributed by atoms with van der Waals surface area (Å²) >= 11 is 6.45. The SMILES string of the molecule is CC(C)(C)OC(=O)N1CCN([C@H]2c3ccc(Cl)cc3CCc3cccnc32)[C@@H](C(=O)Nc2cccc(Cn3ccnc3)c2)C1. The highest BCUT2D eigenvalue weighted by Gasteiger charge is 2.42. The minimum atomic E-state index is -0.671. The molecule has 0 saturated carbocycles. The van der Waals surface area contributed by atoms with Crippen molar-refractivity contribution >= 4 is 29.3 Å². The van der Waals surface area contributed by atoms with E-state index in [-0.39, 0.29) is 18.5 Å². The van der Waals surface area contributed by atoms with Gasteiger partial charge in [-0.05, 0) is 86.2 Å². The van der Waals surface area contributed by atoms with Gasteiger partial charge in [-0.2, -0.15) is 0 Å². The number of nitrogens with one attached hydrogen (secondary N) is 1. The van der Waals surface area contributed by atoms with Crippen LogP contribution in [-0.2, 0) is 28.9 Å². The molecule has 1 saturated heterocycles. The van der Waals surface area contributed by atoms with Gasteiger partial charge < -0.3 is 19.5 Å². The van der Waals surface area contributed by atoms with Crippen LogP contribution in [0.3, 0.4) is 0 Å². The third kappa shape index (κ3) is 6.64. The summed E-state index contributed by atoms with van der Waals surface area (Å²) in [6.07, 6.45) is 8.44. The van der Waals surface area contributed by atoms with Crippen molar-refractivity contribution in [1.29, 1.82) is 0 Å². The number of anilines is 1. The molecule has 0 unspecified atom stereocenters. The minimum Gasteiger partial charge on any atom is -0.444 e. The van der Waals surface area contributed by atoms with Crippen LogP contribution in [0.1, 0.15) is 54.8 Å². The number of hydrogen-bond donors (Lipinski definition) is 1. The van der Waals surface area contributed by atoms with E-state index in [0.717, 1.165) is 40.8 Å². The zero-order valence-corrected chi connectivity index (χ0v) is 26.0. The second-order valence-electron chi connectivity index (χ2n) is 12.4. The lowest BCUT2D eigenvalue weighted by molar-refractivity contribution is -0.124. The summed E-state index contributed by atoms with van der Waals surface area (Å²) in [4.78, 5) is 40.3. The Morgan fingerprint density at radius 1 is 1.02 bits per heavy atom. The molecular weight excluding hydrogens is 576 g/mol. The average molecular weight is 613 g/mol. The monoisotopic (exact) mass is 612 g/mol. The minimum absolute atomic E-state index is 0.178. The molecule has 2 atom stereocenters. The molecule has 2 amide bonds. The fourth-order valence-corrected chi connectivity index (χ4v) is 6.31. The first-order valence-corrected chi connectivity index (χ1v) is 15.3. The predicted octanol–water partition coefficient (Wildman–Crippen LogP) is 5.73. The molecule has 0 bridgehead atoms. The third-order valence-corrected chi connectivity index (χ3v) is 8.31. The fraction of sp³-hybridized carbons (Fsp3) is 0.353. The molecule has 3 heterocycles. The van der Waals surface area contributed by atoms with Crippen LogP contribution in [0.2, 0.25) is 5.02 Å². The number of halogens is 1. The molecule has 228 valence electrons. The summed E-state index contributed by atoms with van der Waals surface area (Å²) in [5.74, 6) is -0.199. The van der Waals surface area contributed by atoms with Crippen LogP contribution in [0, 0.1) is 0 Å². The van der Waals surface area contributed by atoms with E-state index in [0.29, 0.717) is 30.3 Å². The molecule has 0 radical (unpaired) electrons. The summed E-state index contributed by atoms with van der Waals surface area (Å²) in [7, 11) is 0. The number of ether oxygens (including phenoxy) is 1. The van der Waals surface area contributed by atoms with Gasteiger partial charge in [0.15, 0.2) is 0 Å². The number of nitrogens with zero attached hydrogens (tertiary/aromatic N) is 5. The number of aromatic nitrogens is 3. The second-order valence-corrected chi connectivity index (χ2v) is 12.8. The lowest BCUT2D eigenvalue weighted by atomic mass is 9.94. The highest BCUT2D eigenvalue weighted by molar-refractivity contribution is 6.30. The van der Waals surface area contributed by atoms with Gasteiger partial charge in [-0.15, -0.1) is 0 Å². The molecule has 2 aromatic carbocycles. The number of fused-ring (bicyclic) bond motifs is 2. The van der Waals surface area contributed by atoms with Crippen molar-refractivity contribution in [2.24, 2.45) is 0 Å². The Morgan fingerprint density at radius 3 is 2.66 bits per heavy atom. The molecule has 1 fully saturated rings. The normalized spacial score (nSPS) is 18.6. The Bertz CT molecular complexity index is 1650. The van der Waals surface area contributed by atoms with Crippen LogP contribution in [-0.4, -0.2) is 67.6 Å². The van der Waals surface area contributed by atoms with Crippen molar-refractivity contribution in [2.75, 3.05) is 25.0 Å². The maximum Gasteiger partial charge on any atom is 0.410 e. The van der Waals surface area contributed by atoms with Crippen molar-refractivity contribution in [1.82, 2.24) is 24.3 Å². The number of amides is 2. The van der Waals surface area contributed by atoms with Crippen LogP contribution in [0.5, 0.6) is 0 Å². The van der Waals surface area contributed by atoms with Crippen molar-refractivity contribution in [2.45, 2.75) is 57.8 Å². The lowest BCUT2D eigenvalue weighted by Crippen LogP contribution is -2.60. The van der Waals surface area contributed by atoms with Gasteiger partial charge in [0.05, 0.1) is 18.1 Å². The number of piperazine rings is 1. The van der Waals surface area contributed by atoms with Crippen molar-refractivity contribution in [3.8, 4) is 0 Å². The topological polar surface area (TPSA) is 92.6 Å². The van der Waals surface area contributed by atoms with Gasteiger partial charge in [0, 0.05) is 55.5 Å².